The van der Waals surface area contributed by atoms with Crippen molar-refractivity contribution in [1.29, 1.82) is 0 Å². The lowest BCUT2D eigenvalue weighted by Crippen LogP contribution is -2.37. The molecular formula is C17H16O. The number of allylic oxidation sites excluding steroid dienone is 2. The van der Waals surface area contributed by atoms with Gasteiger partial charge in [-0.2, -0.15) is 0 Å². The molecule has 4 bridgehead atoms. The molecular weight excluding hydrogens is 220 g/mol. The van der Waals surface area contributed by atoms with Crippen LogP contribution in [0, 0.1) is 23.7 Å². The first-order valence-electron chi connectivity index (χ1n) is 7.00. The Hall–Kier alpha value is -1.34. The molecule has 0 heterocycles. The molecule has 0 spiro atoms. The van der Waals surface area contributed by atoms with E-state index < -0.39 is 0 Å². The van der Waals surface area contributed by atoms with Gasteiger partial charge in [-0.25, -0.2) is 0 Å². The fourth-order valence-electron chi connectivity index (χ4n) is 5.16. The molecule has 0 aliphatic heterocycles. The van der Waals surface area contributed by atoms with E-state index in [1.54, 1.807) is 0 Å². The second kappa shape index (κ2) is 2.97. The van der Waals surface area contributed by atoms with Crippen molar-refractivity contribution in [3.05, 3.63) is 59.7 Å². The predicted molar refractivity (Wildman–Crippen MR) is 70.2 cm³/mol. The molecule has 90 valence electrons. The molecule has 1 fully saturated rings. The van der Waals surface area contributed by atoms with Crippen molar-refractivity contribution in [2.45, 2.75) is 17.9 Å². The molecule has 1 aromatic carbocycles. The highest BCUT2D eigenvalue weighted by Gasteiger charge is 2.59. The van der Waals surface area contributed by atoms with Gasteiger partial charge in [-0.15, -0.1) is 0 Å². The first-order chi connectivity index (χ1) is 8.86. The van der Waals surface area contributed by atoms with Gasteiger partial charge in [0.05, 0.1) is 6.10 Å². The average Bonchev–Trinajstić information content (AvgIpc) is 2.94. The summed E-state index contributed by atoms with van der Waals surface area (Å²) in [5.41, 5.74) is 3.03. The summed E-state index contributed by atoms with van der Waals surface area (Å²) in [6.45, 7) is 0. The Labute approximate surface area is 107 Å². The van der Waals surface area contributed by atoms with Crippen molar-refractivity contribution < 1.29 is 5.11 Å². The van der Waals surface area contributed by atoms with Gasteiger partial charge in [-0.05, 0) is 23.0 Å². The first kappa shape index (κ1) is 9.57. The maximum Gasteiger partial charge on any atom is 0.0671 e. The lowest BCUT2D eigenvalue weighted by molar-refractivity contribution is 0.127. The van der Waals surface area contributed by atoms with E-state index in [9.17, 15) is 5.11 Å². The smallest absolute Gasteiger partial charge is 0.0671 e. The molecule has 7 atom stereocenters. The van der Waals surface area contributed by atoms with Gasteiger partial charge < -0.3 is 5.11 Å². The Balaban J connectivity index is 1.75. The van der Waals surface area contributed by atoms with E-state index in [0.717, 1.165) is 0 Å². The Morgan fingerprint density at radius 2 is 1.22 bits per heavy atom. The van der Waals surface area contributed by atoms with Gasteiger partial charge >= 0.3 is 0 Å². The van der Waals surface area contributed by atoms with E-state index >= 15 is 0 Å². The summed E-state index contributed by atoms with van der Waals surface area (Å²) < 4.78 is 0. The number of aliphatic hydroxyl groups is 1. The molecule has 1 aromatic rings. The standard InChI is InChI=1S/C17H16O/c18-17-13-7-8-14(17)16-12-6-5-11(15(13)16)9-3-1-2-4-10(9)12/h1-8,11-18H/t11-,12-,13-,14-,15-,16+,17?/m0/s1. The lowest BCUT2D eigenvalue weighted by Gasteiger charge is -2.46. The van der Waals surface area contributed by atoms with Crippen LogP contribution >= 0.6 is 0 Å². The highest BCUT2D eigenvalue weighted by atomic mass is 16.3. The van der Waals surface area contributed by atoms with Crippen LogP contribution in [-0.2, 0) is 0 Å². The minimum Gasteiger partial charge on any atom is -0.392 e. The summed E-state index contributed by atoms with van der Waals surface area (Å²) >= 11 is 0. The van der Waals surface area contributed by atoms with Crippen molar-refractivity contribution >= 4 is 0 Å². The van der Waals surface area contributed by atoms with Crippen LogP contribution in [0.3, 0.4) is 0 Å². The van der Waals surface area contributed by atoms with E-state index in [1.807, 2.05) is 0 Å². The van der Waals surface area contributed by atoms with Crippen LogP contribution < -0.4 is 0 Å². The molecule has 18 heavy (non-hydrogen) atoms. The van der Waals surface area contributed by atoms with Crippen molar-refractivity contribution in [2.75, 3.05) is 0 Å². The maximum absolute atomic E-state index is 10.4. The quantitative estimate of drug-likeness (QED) is 0.687. The van der Waals surface area contributed by atoms with Gasteiger partial charge in [0.15, 0.2) is 0 Å². The molecule has 6 rings (SSSR count). The zero-order valence-corrected chi connectivity index (χ0v) is 10.1. The third-order valence-electron chi connectivity index (χ3n) is 5.75. The Kier molecular flexibility index (Phi) is 1.58. The maximum atomic E-state index is 10.4. The van der Waals surface area contributed by atoms with E-state index in [4.69, 9.17) is 0 Å². The van der Waals surface area contributed by atoms with Crippen molar-refractivity contribution in [3.63, 3.8) is 0 Å². The highest BCUT2D eigenvalue weighted by Crippen LogP contribution is 2.64. The zero-order chi connectivity index (χ0) is 11.9. The number of hydrogen-bond acceptors (Lipinski definition) is 1. The summed E-state index contributed by atoms with van der Waals surface area (Å²) in [7, 11) is 0. The summed E-state index contributed by atoms with van der Waals surface area (Å²) in [6, 6.07) is 8.88. The normalized spacial score (nSPS) is 49.5. The minimum absolute atomic E-state index is 0.126. The fourth-order valence-corrected chi connectivity index (χ4v) is 5.16. The number of hydrogen-bond donors (Lipinski definition) is 1. The minimum atomic E-state index is -0.126. The molecule has 0 aromatic heterocycles. The molecule has 5 aliphatic carbocycles. The third-order valence-corrected chi connectivity index (χ3v) is 5.75. The molecule has 0 saturated heterocycles. The van der Waals surface area contributed by atoms with Gasteiger partial charge in [0.1, 0.15) is 0 Å². The number of fused-ring (bicyclic) bond motifs is 2. The van der Waals surface area contributed by atoms with Gasteiger partial charge in [-0.1, -0.05) is 48.6 Å². The predicted octanol–water partition coefficient (Wildman–Crippen LogP) is 2.85. The number of aliphatic hydroxyl groups excluding tert-OH is 1. The third kappa shape index (κ3) is 0.883. The summed E-state index contributed by atoms with van der Waals surface area (Å²) in [5.74, 6) is 3.13. The molecule has 1 unspecified atom stereocenters. The molecule has 0 amide bonds. The second-order valence-electron chi connectivity index (χ2n) is 6.25. The van der Waals surface area contributed by atoms with Crippen LogP contribution in [0.1, 0.15) is 23.0 Å². The highest BCUT2D eigenvalue weighted by molar-refractivity contribution is 5.49. The lowest BCUT2D eigenvalue weighted by atomic mass is 9.57. The van der Waals surface area contributed by atoms with Crippen LogP contribution in [0.25, 0.3) is 0 Å². The Morgan fingerprint density at radius 1 is 0.722 bits per heavy atom. The van der Waals surface area contributed by atoms with Gasteiger partial charge in [0.25, 0.3) is 0 Å². The Bertz CT molecular complexity index is 536. The average molecular weight is 236 g/mol. The molecule has 5 aliphatic rings. The molecule has 1 heteroatoms. The summed E-state index contributed by atoms with van der Waals surface area (Å²) in [4.78, 5) is 0. The second-order valence-corrected chi connectivity index (χ2v) is 6.25. The monoisotopic (exact) mass is 236 g/mol. The van der Waals surface area contributed by atoms with Crippen molar-refractivity contribution in [1.82, 2.24) is 0 Å². The van der Waals surface area contributed by atoms with Crippen molar-refractivity contribution in [3.8, 4) is 0 Å². The fraction of sp³-hybridized carbons (Fsp3) is 0.412. The van der Waals surface area contributed by atoms with Crippen molar-refractivity contribution in [2.24, 2.45) is 23.7 Å². The van der Waals surface area contributed by atoms with E-state index in [2.05, 4.69) is 48.6 Å². The van der Waals surface area contributed by atoms with Crippen LogP contribution in [0.15, 0.2) is 48.6 Å². The topological polar surface area (TPSA) is 20.2 Å². The molecule has 1 N–H and O–H groups in total. The summed E-state index contributed by atoms with van der Waals surface area (Å²) in [6.07, 6.45) is 9.21. The Morgan fingerprint density at radius 3 is 1.72 bits per heavy atom. The molecule has 1 nitrogen and oxygen atoms in total. The zero-order valence-electron chi connectivity index (χ0n) is 10.1. The van der Waals surface area contributed by atoms with Crippen LogP contribution in [-0.4, -0.2) is 11.2 Å². The largest absolute Gasteiger partial charge is 0.392 e. The van der Waals surface area contributed by atoms with Crippen LogP contribution in [0.2, 0.25) is 0 Å². The van der Waals surface area contributed by atoms with Gasteiger partial charge in [0.2, 0.25) is 0 Å². The van der Waals surface area contributed by atoms with E-state index in [1.165, 1.54) is 11.1 Å². The SMILES string of the molecule is OC1[C@H]2C=C[C@H]1[C@@H]1[C@H]2[C@H]2C=C[C@H]1c1ccccc12. The number of benzene rings is 1. The van der Waals surface area contributed by atoms with Gasteiger partial charge in [-0.3, -0.25) is 0 Å². The van der Waals surface area contributed by atoms with E-state index in [0.29, 0.717) is 35.5 Å². The summed E-state index contributed by atoms with van der Waals surface area (Å²) in [5, 5.41) is 10.4. The van der Waals surface area contributed by atoms with Crippen LogP contribution in [0.5, 0.6) is 0 Å². The van der Waals surface area contributed by atoms with E-state index in [-0.39, 0.29) is 6.10 Å². The molecule has 1 saturated carbocycles. The first-order valence-corrected chi connectivity index (χ1v) is 7.00. The number of rotatable bonds is 0. The van der Waals surface area contributed by atoms with Crippen LogP contribution in [0.4, 0.5) is 0 Å². The van der Waals surface area contributed by atoms with Gasteiger partial charge in [0, 0.05) is 23.7 Å². The molecule has 0 radical (unpaired) electrons.